The Morgan fingerprint density at radius 3 is 1.45 bits per heavy atom. The molecule has 10 heteroatoms. The molecule has 196 valence electrons. The van der Waals surface area contributed by atoms with Crippen LogP contribution in [0.4, 0.5) is 26.3 Å². The van der Waals surface area contributed by atoms with Gasteiger partial charge in [0.15, 0.2) is 14.7 Å². The molecule has 0 amide bonds. The maximum absolute atomic E-state index is 13.1. The van der Waals surface area contributed by atoms with E-state index in [0.717, 1.165) is 26.8 Å². The van der Waals surface area contributed by atoms with Crippen molar-refractivity contribution in [3.63, 3.8) is 0 Å². The molecule has 0 bridgehead atoms. The minimum absolute atomic E-state index is 0.129. The van der Waals surface area contributed by atoms with Gasteiger partial charge >= 0.3 is 18.3 Å². The highest BCUT2D eigenvalue weighted by molar-refractivity contribution is 7.97. The number of hydrogen-bond donors (Lipinski definition) is 1. The number of rotatable bonds is 6. The van der Waals surface area contributed by atoms with Crippen LogP contribution in [0.1, 0.15) is 15.9 Å². The molecule has 4 aromatic rings. The zero-order valence-electron chi connectivity index (χ0n) is 19.3. The van der Waals surface area contributed by atoms with Crippen LogP contribution in [-0.4, -0.2) is 23.4 Å². The molecule has 0 aliphatic rings. The quantitative estimate of drug-likeness (QED) is 0.119. The normalized spacial score (nSPS) is 12.4. The Hall–Kier alpha value is -3.76. The molecule has 1 N–H and O–H groups in total. The maximum atomic E-state index is 13.1. The molecule has 3 nitrogen and oxygen atoms in total. The average Bonchev–Trinajstić information content (AvgIpc) is 2.89. The van der Waals surface area contributed by atoms with Crippen LogP contribution in [0.5, 0.6) is 5.75 Å². The SMILES string of the molecule is O=C(Oc1ccc(C(O)(C(F)(F)F)C(F)(F)F)cc1)c1ccc([S+](c2ccccc2)c2ccccc2)cc1. The van der Waals surface area contributed by atoms with Crippen molar-refractivity contribution in [1.82, 2.24) is 0 Å². The Kier molecular flexibility index (Phi) is 7.57. The highest BCUT2D eigenvalue weighted by Gasteiger charge is 2.71. The van der Waals surface area contributed by atoms with Crippen molar-refractivity contribution >= 4 is 16.9 Å². The first-order valence-corrected chi connectivity index (χ1v) is 12.3. The number of halogens is 6. The summed E-state index contributed by atoms with van der Waals surface area (Å²) in [6.45, 7) is 0. The van der Waals surface area contributed by atoms with E-state index >= 15 is 0 Å². The third-order valence-electron chi connectivity index (χ3n) is 5.59. The van der Waals surface area contributed by atoms with E-state index in [2.05, 4.69) is 0 Å². The Morgan fingerprint density at radius 1 is 0.605 bits per heavy atom. The molecule has 0 heterocycles. The summed E-state index contributed by atoms with van der Waals surface area (Å²) < 4.78 is 83.5. The van der Waals surface area contributed by atoms with Crippen LogP contribution >= 0.6 is 0 Å². The average molecular weight is 550 g/mol. The van der Waals surface area contributed by atoms with Gasteiger partial charge in [0.2, 0.25) is 0 Å². The lowest BCUT2D eigenvalue weighted by atomic mass is 9.92. The Labute approximate surface area is 216 Å². The lowest BCUT2D eigenvalue weighted by Crippen LogP contribution is -2.53. The van der Waals surface area contributed by atoms with Gasteiger partial charge in [0, 0.05) is 5.56 Å². The van der Waals surface area contributed by atoms with Crippen LogP contribution in [0.2, 0.25) is 0 Å². The van der Waals surface area contributed by atoms with Gasteiger partial charge in [-0.1, -0.05) is 48.5 Å². The largest absolute Gasteiger partial charge is 0.430 e. The van der Waals surface area contributed by atoms with Gasteiger partial charge in [-0.05, 0) is 60.7 Å². The predicted octanol–water partition coefficient (Wildman–Crippen LogP) is 7.31. The van der Waals surface area contributed by atoms with Gasteiger partial charge in [0.05, 0.1) is 16.5 Å². The first-order chi connectivity index (χ1) is 17.9. The van der Waals surface area contributed by atoms with Crippen molar-refractivity contribution < 1.29 is 41.0 Å². The van der Waals surface area contributed by atoms with E-state index in [-0.39, 0.29) is 11.3 Å². The molecular weight excluding hydrogens is 530 g/mol. The Balaban J connectivity index is 1.55. The van der Waals surface area contributed by atoms with E-state index in [4.69, 9.17) is 4.74 Å². The van der Waals surface area contributed by atoms with Gasteiger partial charge in [-0.15, -0.1) is 0 Å². The molecule has 0 radical (unpaired) electrons. The third-order valence-corrected chi connectivity index (χ3v) is 7.82. The van der Waals surface area contributed by atoms with Crippen molar-refractivity contribution in [1.29, 1.82) is 0 Å². The lowest BCUT2D eigenvalue weighted by molar-refractivity contribution is -0.376. The number of alkyl halides is 6. The van der Waals surface area contributed by atoms with E-state index < -0.39 is 40.4 Å². The molecule has 0 aliphatic carbocycles. The number of esters is 1. The van der Waals surface area contributed by atoms with Gasteiger partial charge in [-0.3, -0.25) is 0 Å². The van der Waals surface area contributed by atoms with Gasteiger partial charge in [0.1, 0.15) is 5.75 Å². The minimum atomic E-state index is -6.01. The number of ether oxygens (including phenoxy) is 1. The van der Waals surface area contributed by atoms with Crippen LogP contribution < -0.4 is 4.74 Å². The van der Waals surface area contributed by atoms with Crippen molar-refractivity contribution in [2.24, 2.45) is 0 Å². The zero-order chi connectivity index (χ0) is 27.6. The van der Waals surface area contributed by atoms with Crippen molar-refractivity contribution in [2.45, 2.75) is 32.6 Å². The summed E-state index contributed by atoms with van der Waals surface area (Å²) in [5.74, 6) is -1.15. The van der Waals surface area contributed by atoms with Crippen LogP contribution in [0.25, 0.3) is 0 Å². The summed E-state index contributed by atoms with van der Waals surface area (Å²) in [4.78, 5) is 15.6. The minimum Gasteiger partial charge on any atom is -0.423 e. The smallest absolute Gasteiger partial charge is 0.423 e. The maximum Gasteiger partial charge on any atom is 0.430 e. The Bertz CT molecular complexity index is 1320. The summed E-state index contributed by atoms with van der Waals surface area (Å²) in [6, 6.07) is 28.5. The number of carbonyl (C=O) groups excluding carboxylic acids is 1. The summed E-state index contributed by atoms with van der Waals surface area (Å²) in [6.07, 6.45) is -12.0. The van der Waals surface area contributed by atoms with Gasteiger partial charge in [-0.2, -0.15) is 26.3 Å². The standard InChI is InChI=1S/C28H19F6O3S/c29-27(30,31)26(36,28(32,33)34)20-13-15-21(16-14-20)37-25(35)19-11-17-24(18-12-19)38(22-7-3-1-4-8-22)23-9-5-2-6-10-23/h1-18,36H/q+1. The summed E-state index contributed by atoms with van der Waals surface area (Å²) in [5.41, 5.74) is -6.38. The molecule has 38 heavy (non-hydrogen) atoms. The lowest BCUT2D eigenvalue weighted by Gasteiger charge is -2.32. The van der Waals surface area contributed by atoms with Crippen LogP contribution in [0.3, 0.4) is 0 Å². The van der Waals surface area contributed by atoms with Crippen LogP contribution in [0, 0.1) is 0 Å². The summed E-state index contributed by atoms with van der Waals surface area (Å²) in [7, 11) is -0.460. The van der Waals surface area contributed by atoms with Gasteiger partial charge < -0.3 is 9.84 Å². The number of hydrogen-bond acceptors (Lipinski definition) is 3. The molecule has 0 saturated carbocycles. The van der Waals surface area contributed by atoms with E-state index in [9.17, 15) is 36.2 Å². The molecule has 0 aliphatic heterocycles. The Morgan fingerprint density at radius 2 is 1.03 bits per heavy atom. The summed E-state index contributed by atoms with van der Waals surface area (Å²) in [5, 5.41) is 9.48. The van der Waals surface area contributed by atoms with Crippen molar-refractivity contribution in [3.8, 4) is 5.75 Å². The molecule has 0 fully saturated rings. The van der Waals surface area contributed by atoms with Gasteiger partial charge in [-0.25, -0.2) is 4.79 Å². The van der Waals surface area contributed by atoms with Crippen molar-refractivity contribution in [2.75, 3.05) is 0 Å². The second kappa shape index (κ2) is 10.5. The predicted molar refractivity (Wildman–Crippen MR) is 129 cm³/mol. The van der Waals surface area contributed by atoms with E-state index in [1.165, 1.54) is 12.1 Å². The zero-order valence-corrected chi connectivity index (χ0v) is 20.1. The van der Waals surface area contributed by atoms with E-state index in [1.807, 2.05) is 60.7 Å². The first-order valence-electron chi connectivity index (χ1n) is 11.0. The second-order valence-corrected chi connectivity index (χ2v) is 10.1. The topological polar surface area (TPSA) is 46.5 Å². The fourth-order valence-electron chi connectivity index (χ4n) is 3.67. The molecule has 0 unspecified atom stereocenters. The second-order valence-electron chi connectivity index (χ2n) is 8.08. The fraction of sp³-hybridized carbons (Fsp3) is 0.107. The monoisotopic (exact) mass is 549 g/mol. The van der Waals surface area contributed by atoms with E-state index in [1.54, 1.807) is 12.1 Å². The van der Waals surface area contributed by atoms with E-state index in [0.29, 0.717) is 12.1 Å². The number of benzene rings is 4. The van der Waals surface area contributed by atoms with Gasteiger partial charge in [0.25, 0.3) is 5.60 Å². The van der Waals surface area contributed by atoms with Crippen molar-refractivity contribution in [3.05, 3.63) is 120 Å². The molecular formula is C28H19F6O3S+. The third kappa shape index (κ3) is 5.41. The highest BCUT2D eigenvalue weighted by atomic mass is 32.2. The molecule has 0 spiro atoms. The number of carbonyl (C=O) groups is 1. The first kappa shape index (κ1) is 27.3. The molecule has 0 aromatic heterocycles. The fourth-order valence-corrected chi connectivity index (χ4v) is 5.75. The summed E-state index contributed by atoms with van der Waals surface area (Å²) >= 11 is 0. The number of aliphatic hydroxyl groups is 1. The molecule has 0 atom stereocenters. The van der Waals surface area contributed by atoms with Crippen LogP contribution in [-0.2, 0) is 16.5 Å². The molecule has 0 saturated heterocycles. The highest BCUT2D eigenvalue weighted by Crippen LogP contribution is 2.50. The molecule has 4 aromatic carbocycles. The van der Waals surface area contributed by atoms with Crippen LogP contribution in [0.15, 0.2) is 124 Å². The molecule has 4 rings (SSSR count).